The summed E-state index contributed by atoms with van der Waals surface area (Å²) in [4.78, 5) is 23.6. The highest BCUT2D eigenvalue weighted by Gasteiger charge is 2.09. The van der Waals surface area contributed by atoms with Gasteiger partial charge in [0.05, 0.1) is 20.6 Å². The lowest BCUT2D eigenvalue weighted by Crippen LogP contribution is -2.38. The summed E-state index contributed by atoms with van der Waals surface area (Å²) in [7, 11) is 4.76. The summed E-state index contributed by atoms with van der Waals surface area (Å²) in [6.07, 6.45) is 1.50. The largest absolute Gasteiger partial charge is 0.493 e. The smallest absolute Gasteiger partial charge is 0.317 e. The minimum atomic E-state index is -0.918. The lowest BCUT2D eigenvalue weighted by molar-refractivity contribution is -0.137. The molecule has 23 heavy (non-hydrogen) atoms. The number of benzene rings is 1. The van der Waals surface area contributed by atoms with Crippen LogP contribution in [0, 0.1) is 0 Å². The van der Waals surface area contributed by atoms with Crippen LogP contribution >= 0.6 is 0 Å². The number of urea groups is 1. The Morgan fingerprint density at radius 3 is 2.52 bits per heavy atom. The Labute approximate surface area is 136 Å². The first-order valence-electron chi connectivity index (χ1n) is 7.39. The van der Waals surface area contributed by atoms with Crippen molar-refractivity contribution < 1.29 is 24.2 Å². The maximum Gasteiger partial charge on any atom is 0.317 e. The van der Waals surface area contributed by atoms with E-state index in [1.165, 1.54) is 4.90 Å². The Balaban J connectivity index is 2.34. The third kappa shape index (κ3) is 6.46. The number of carboxylic acid groups (broad SMARTS) is 1. The molecule has 2 amide bonds. The molecule has 0 saturated carbocycles. The summed E-state index contributed by atoms with van der Waals surface area (Å²) in [5.74, 6) is 0.449. The van der Waals surface area contributed by atoms with E-state index in [-0.39, 0.29) is 19.0 Å². The number of aryl methyl sites for hydroxylation is 1. The normalized spacial score (nSPS) is 10.0. The standard InChI is InChI=1S/C16H24N2O5/c1-18(10-8-15(19)20)16(21)17-9-4-5-12-6-7-13(22-2)14(11-12)23-3/h6-7,11H,4-5,8-10H2,1-3H3,(H,17,21)(H,19,20). The number of methoxy groups -OCH3 is 2. The van der Waals surface area contributed by atoms with E-state index in [1.807, 2.05) is 18.2 Å². The van der Waals surface area contributed by atoms with Crippen LogP contribution in [0.1, 0.15) is 18.4 Å². The zero-order valence-corrected chi connectivity index (χ0v) is 13.8. The first kappa shape index (κ1) is 18.6. The Hall–Kier alpha value is -2.44. The number of amides is 2. The second-order valence-electron chi connectivity index (χ2n) is 5.09. The van der Waals surface area contributed by atoms with E-state index >= 15 is 0 Å². The number of nitrogens with zero attached hydrogens (tertiary/aromatic N) is 1. The zero-order valence-electron chi connectivity index (χ0n) is 13.8. The zero-order chi connectivity index (χ0) is 17.2. The molecule has 7 nitrogen and oxygen atoms in total. The van der Waals surface area contributed by atoms with Gasteiger partial charge < -0.3 is 24.8 Å². The molecule has 0 aliphatic carbocycles. The molecule has 0 spiro atoms. The predicted molar refractivity (Wildman–Crippen MR) is 86.1 cm³/mol. The Morgan fingerprint density at radius 1 is 1.22 bits per heavy atom. The number of carbonyl (C=O) groups excluding carboxylic acids is 1. The van der Waals surface area contributed by atoms with Gasteiger partial charge in [-0.25, -0.2) is 4.79 Å². The number of nitrogens with one attached hydrogen (secondary N) is 1. The molecule has 0 atom stereocenters. The van der Waals surface area contributed by atoms with Crippen molar-refractivity contribution >= 4 is 12.0 Å². The van der Waals surface area contributed by atoms with E-state index in [0.717, 1.165) is 18.4 Å². The van der Waals surface area contributed by atoms with Crippen LogP contribution in [0.4, 0.5) is 4.79 Å². The summed E-state index contributed by atoms with van der Waals surface area (Å²) in [5.41, 5.74) is 1.09. The van der Waals surface area contributed by atoms with Crippen LogP contribution in [0.15, 0.2) is 18.2 Å². The van der Waals surface area contributed by atoms with Crippen LogP contribution in [0.25, 0.3) is 0 Å². The topological polar surface area (TPSA) is 88.1 Å². The third-order valence-electron chi connectivity index (χ3n) is 3.37. The lowest BCUT2D eigenvalue weighted by Gasteiger charge is -2.16. The molecule has 0 saturated heterocycles. The molecule has 0 unspecified atom stereocenters. The molecule has 1 aromatic rings. The molecule has 0 fully saturated rings. The number of carboxylic acids is 1. The van der Waals surface area contributed by atoms with Crippen LogP contribution in [0.3, 0.4) is 0 Å². The minimum absolute atomic E-state index is 0.0600. The van der Waals surface area contributed by atoms with Crippen LogP contribution in [-0.4, -0.2) is 56.4 Å². The number of rotatable bonds is 9. The van der Waals surface area contributed by atoms with Crippen molar-refractivity contribution in [3.8, 4) is 11.5 Å². The second-order valence-corrected chi connectivity index (χ2v) is 5.09. The van der Waals surface area contributed by atoms with Gasteiger partial charge in [0, 0.05) is 20.1 Å². The fourth-order valence-corrected chi connectivity index (χ4v) is 2.02. The van der Waals surface area contributed by atoms with Gasteiger partial charge in [0.15, 0.2) is 11.5 Å². The van der Waals surface area contributed by atoms with Gasteiger partial charge in [0.2, 0.25) is 0 Å². The maximum absolute atomic E-state index is 11.7. The highest BCUT2D eigenvalue weighted by Crippen LogP contribution is 2.27. The third-order valence-corrected chi connectivity index (χ3v) is 3.37. The van der Waals surface area contributed by atoms with Gasteiger partial charge in [-0.05, 0) is 30.5 Å². The van der Waals surface area contributed by atoms with Crippen LogP contribution < -0.4 is 14.8 Å². The molecule has 0 heterocycles. The average molecular weight is 324 g/mol. The Kier molecular flexibility index (Phi) is 7.73. The highest BCUT2D eigenvalue weighted by atomic mass is 16.5. The average Bonchev–Trinajstić information content (AvgIpc) is 2.55. The Morgan fingerprint density at radius 2 is 1.91 bits per heavy atom. The Bertz CT molecular complexity index is 533. The van der Waals surface area contributed by atoms with Crippen LogP contribution in [-0.2, 0) is 11.2 Å². The van der Waals surface area contributed by atoms with Gasteiger partial charge in [-0.2, -0.15) is 0 Å². The van der Waals surface area contributed by atoms with Crippen molar-refractivity contribution in [2.75, 3.05) is 34.4 Å². The van der Waals surface area contributed by atoms with Gasteiger partial charge in [-0.1, -0.05) is 6.07 Å². The fourth-order valence-electron chi connectivity index (χ4n) is 2.02. The number of carbonyl (C=O) groups is 2. The van der Waals surface area contributed by atoms with Gasteiger partial charge in [0.25, 0.3) is 0 Å². The fraction of sp³-hybridized carbons (Fsp3) is 0.500. The SMILES string of the molecule is COc1ccc(CCCNC(=O)N(C)CCC(=O)O)cc1OC. The van der Waals surface area contributed by atoms with E-state index in [1.54, 1.807) is 21.3 Å². The summed E-state index contributed by atoms with van der Waals surface area (Å²) in [6, 6.07) is 5.47. The van der Waals surface area contributed by atoms with Crippen molar-refractivity contribution in [1.82, 2.24) is 10.2 Å². The quantitative estimate of drug-likeness (QED) is 0.676. The highest BCUT2D eigenvalue weighted by molar-refractivity contribution is 5.74. The second kappa shape index (κ2) is 9.55. The van der Waals surface area contributed by atoms with Crippen molar-refractivity contribution in [3.05, 3.63) is 23.8 Å². The number of ether oxygens (including phenoxy) is 2. The van der Waals surface area contributed by atoms with Gasteiger partial charge in [-0.3, -0.25) is 4.79 Å². The molecular weight excluding hydrogens is 300 g/mol. The molecule has 1 rings (SSSR count). The van der Waals surface area contributed by atoms with E-state index < -0.39 is 5.97 Å². The number of hydrogen-bond acceptors (Lipinski definition) is 4. The number of aliphatic carboxylic acids is 1. The first-order chi connectivity index (χ1) is 11.0. The molecule has 0 aliphatic heterocycles. The van der Waals surface area contributed by atoms with E-state index in [9.17, 15) is 9.59 Å². The van der Waals surface area contributed by atoms with Gasteiger partial charge >= 0.3 is 12.0 Å². The summed E-state index contributed by atoms with van der Waals surface area (Å²) in [6.45, 7) is 0.710. The van der Waals surface area contributed by atoms with Crippen LogP contribution in [0.2, 0.25) is 0 Å². The molecule has 128 valence electrons. The molecule has 0 aromatic heterocycles. The van der Waals surface area contributed by atoms with Crippen molar-refractivity contribution in [3.63, 3.8) is 0 Å². The molecular formula is C16H24N2O5. The van der Waals surface area contributed by atoms with Gasteiger partial charge in [0.1, 0.15) is 0 Å². The summed E-state index contributed by atoms with van der Waals surface area (Å²) >= 11 is 0. The summed E-state index contributed by atoms with van der Waals surface area (Å²) in [5, 5.41) is 11.4. The van der Waals surface area contributed by atoms with Crippen molar-refractivity contribution in [2.45, 2.75) is 19.3 Å². The molecule has 0 bridgehead atoms. The monoisotopic (exact) mass is 324 g/mol. The lowest BCUT2D eigenvalue weighted by atomic mass is 10.1. The van der Waals surface area contributed by atoms with E-state index in [4.69, 9.17) is 14.6 Å². The van der Waals surface area contributed by atoms with Gasteiger partial charge in [-0.15, -0.1) is 0 Å². The summed E-state index contributed by atoms with van der Waals surface area (Å²) < 4.78 is 10.4. The minimum Gasteiger partial charge on any atom is -0.493 e. The predicted octanol–water partition coefficient (Wildman–Crippen LogP) is 1.75. The van der Waals surface area contributed by atoms with Crippen molar-refractivity contribution in [2.24, 2.45) is 0 Å². The molecule has 7 heteroatoms. The van der Waals surface area contributed by atoms with Crippen LogP contribution in [0.5, 0.6) is 11.5 Å². The maximum atomic E-state index is 11.7. The van der Waals surface area contributed by atoms with E-state index in [2.05, 4.69) is 5.32 Å². The molecule has 2 N–H and O–H groups in total. The molecule has 0 aliphatic rings. The first-order valence-corrected chi connectivity index (χ1v) is 7.39. The van der Waals surface area contributed by atoms with E-state index in [0.29, 0.717) is 18.0 Å². The van der Waals surface area contributed by atoms with Crippen molar-refractivity contribution in [1.29, 1.82) is 0 Å². The molecule has 1 aromatic carbocycles. The molecule has 0 radical (unpaired) electrons. The number of hydrogen-bond donors (Lipinski definition) is 2.